The lowest BCUT2D eigenvalue weighted by Gasteiger charge is -2.19. The summed E-state index contributed by atoms with van der Waals surface area (Å²) in [5, 5.41) is 7.89. The minimum atomic E-state index is -0.653. The third-order valence-corrected chi connectivity index (χ3v) is 3.69. The van der Waals surface area contributed by atoms with Crippen molar-refractivity contribution in [3.05, 3.63) is 59.7 Å². The summed E-state index contributed by atoms with van der Waals surface area (Å²) in [4.78, 5) is 35.7. The number of amides is 3. The number of ether oxygens (including phenoxy) is 1. The van der Waals surface area contributed by atoms with Crippen LogP contribution in [0, 0.1) is 6.92 Å². The molecule has 0 radical (unpaired) electrons. The molecular weight excluding hydrogens is 370 g/mol. The van der Waals surface area contributed by atoms with Gasteiger partial charge in [0.1, 0.15) is 12.1 Å². The molecule has 3 N–H and O–H groups in total. The van der Waals surface area contributed by atoms with Crippen molar-refractivity contribution in [2.75, 3.05) is 17.2 Å². The van der Waals surface area contributed by atoms with Gasteiger partial charge in [-0.25, -0.2) is 4.79 Å². The molecule has 3 amide bonds. The smallest absolute Gasteiger partial charge is 0.408 e. The number of rotatable bonds is 6. The summed E-state index contributed by atoms with van der Waals surface area (Å²) in [5.41, 5.74) is 2.62. The summed E-state index contributed by atoms with van der Waals surface area (Å²) in [6.07, 6.45) is -0.365. The molecular formula is C22H27N3O4. The van der Waals surface area contributed by atoms with Crippen LogP contribution in [0.2, 0.25) is 0 Å². The molecule has 0 atom stereocenters. The van der Waals surface area contributed by atoms with Crippen molar-refractivity contribution in [2.24, 2.45) is 0 Å². The Labute approximate surface area is 170 Å². The molecule has 7 nitrogen and oxygen atoms in total. The maximum Gasteiger partial charge on any atom is 0.408 e. The Morgan fingerprint density at radius 1 is 0.897 bits per heavy atom. The number of aryl methyl sites for hydroxylation is 1. The number of hydrogen-bond acceptors (Lipinski definition) is 4. The molecule has 2 aromatic rings. The highest BCUT2D eigenvalue weighted by Gasteiger charge is 2.16. The van der Waals surface area contributed by atoms with E-state index in [1.807, 2.05) is 31.2 Å². The molecule has 0 heterocycles. The summed E-state index contributed by atoms with van der Waals surface area (Å²) >= 11 is 0. The first-order valence-corrected chi connectivity index (χ1v) is 9.33. The Morgan fingerprint density at radius 2 is 1.48 bits per heavy atom. The highest BCUT2D eigenvalue weighted by Crippen LogP contribution is 2.14. The Bertz CT molecular complexity index is 870. The molecule has 2 rings (SSSR count). The molecule has 0 fully saturated rings. The monoisotopic (exact) mass is 397 g/mol. The minimum absolute atomic E-state index is 0.117. The van der Waals surface area contributed by atoms with E-state index in [0.717, 1.165) is 11.1 Å². The van der Waals surface area contributed by atoms with Crippen molar-refractivity contribution in [1.29, 1.82) is 0 Å². The zero-order valence-corrected chi connectivity index (χ0v) is 17.2. The number of anilines is 2. The van der Waals surface area contributed by atoms with Crippen LogP contribution in [0.5, 0.6) is 0 Å². The second-order valence-electron chi connectivity index (χ2n) is 7.69. The van der Waals surface area contributed by atoms with Gasteiger partial charge in [0.05, 0.1) is 6.42 Å². The van der Waals surface area contributed by atoms with Gasteiger partial charge in [0.25, 0.3) is 0 Å². The summed E-state index contributed by atoms with van der Waals surface area (Å²) < 4.78 is 5.07. The largest absolute Gasteiger partial charge is 0.444 e. The van der Waals surface area contributed by atoms with Gasteiger partial charge in [-0.2, -0.15) is 0 Å². The highest BCUT2D eigenvalue weighted by atomic mass is 16.6. The molecule has 0 aliphatic carbocycles. The van der Waals surface area contributed by atoms with Crippen LogP contribution in [0.25, 0.3) is 0 Å². The van der Waals surface area contributed by atoms with E-state index in [1.54, 1.807) is 45.0 Å². The van der Waals surface area contributed by atoms with Crippen LogP contribution in [-0.4, -0.2) is 30.1 Å². The van der Waals surface area contributed by atoms with E-state index in [0.29, 0.717) is 11.4 Å². The van der Waals surface area contributed by atoms with Gasteiger partial charge >= 0.3 is 6.09 Å². The Kier molecular flexibility index (Phi) is 7.36. The van der Waals surface area contributed by atoms with E-state index in [2.05, 4.69) is 16.0 Å². The maximum atomic E-state index is 12.2. The van der Waals surface area contributed by atoms with Gasteiger partial charge < -0.3 is 20.7 Å². The molecule has 0 unspecified atom stereocenters. The second kappa shape index (κ2) is 9.73. The van der Waals surface area contributed by atoms with E-state index in [4.69, 9.17) is 4.74 Å². The zero-order chi connectivity index (χ0) is 21.4. The first kappa shape index (κ1) is 21.9. The molecule has 29 heavy (non-hydrogen) atoms. The quantitative estimate of drug-likeness (QED) is 0.693. The van der Waals surface area contributed by atoms with Gasteiger partial charge in [0, 0.05) is 11.4 Å². The van der Waals surface area contributed by atoms with E-state index < -0.39 is 11.7 Å². The molecule has 2 aromatic carbocycles. The lowest BCUT2D eigenvalue weighted by Crippen LogP contribution is -2.37. The summed E-state index contributed by atoms with van der Waals surface area (Å²) in [6.45, 7) is 7.01. The number of nitrogens with one attached hydrogen (secondary N) is 3. The average molecular weight is 397 g/mol. The van der Waals surface area contributed by atoms with E-state index >= 15 is 0 Å². The molecule has 154 valence electrons. The fraction of sp³-hybridized carbons (Fsp3) is 0.318. The average Bonchev–Trinajstić information content (AvgIpc) is 2.60. The second-order valence-corrected chi connectivity index (χ2v) is 7.69. The number of alkyl carbamates (subject to hydrolysis) is 1. The van der Waals surface area contributed by atoms with Gasteiger partial charge in [-0.1, -0.05) is 29.8 Å². The molecule has 0 aliphatic rings. The molecule has 0 saturated carbocycles. The minimum Gasteiger partial charge on any atom is -0.444 e. The predicted octanol–water partition coefficient (Wildman–Crippen LogP) is 3.64. The Balaban J connectivity index is 1.79. The highest BCUT2D eigenvalue weighted by molar-refractivity contribution is 5.95. The first-order chi connectivity index (χ1) is 13.6. The van der Waals surface area contributed by atoms with Crippen LogP contribution in [0.15, 0.2) is 48.5 Å². The van der Waals surface area contributed by atoms with Gasteiger partial charge in [-0.05, 0) is 57.5 Å². The predicted molar refractivity (Wildman–Crippen MR) is 113 cm³/mol. The normalized spacial score (nSPS) is 10.8. The van der Waals surface area contributed by atoms with Crippen LogP contribution >= 0.6 is 0 Å². The number of carbonyl (C=O) groups excluding carboxylic acids is 3. The van der Waals surface area contributed by atoms with Gasteiger partial charge in [-0.15, -0.1) is 0 Å². The van der Waals surface area contributed by atoms with Crippen molar-refractivity contribution >= 4 is 29.3 Å². The summed E-state index contributed by atoms with van der Waals surface area (Å²) in [5.74, 6) is -0.499. The van der Waals surface area contributed by atoms with Crippen LogP contribution in [-0.2, 0) is 20.7 Å². The number of carbonyl (C=O) groups is 3. The molecule has 0 bridgehead atoms. The first-order valence-electron chi connectivity index (χ1n) is 9.33. The molecule has 7 heteroatoms. The maximum absolute atomic E-state index is 12.2. The van der Waals surface area contributed by atoms with Gasteiger partial charge in [-0.3, -0.25) is 9.59 Å². The van der Waals surface area contributed by atoms with Gasteiger partial charge in [0.15, 0.2) is 0 Å². The Morgan fingerprint density at radius 3 is 2.03 bits per heavy atom. The van der Waals surface area contributed by atoms with Crippen molar-refractivity contribution in [1.82, 2.24) is 5.32 Å². The van der Waals surface area contributed by atoms with E-state index in [1.165, 1.54) is 0 Å². The number of hydrogen-bond donors (Lipinski definition) is 3. The van der Waals surface area contributed by atoms with Crippen LogP contribution < -0.4 is 16.0 Å². The molecule has 0 aliphatic heterocycles. The third kappa shape index (κ3) is 8.47. The molecule has 0 spiro atoms. The fourth-order valence-electron chi connectivity index (χ4n) is 2.52. The van der Waals surface area contributed by atoms with Gasteiger partial charge in [0.2, 0.25) is 11.8 Å². The number of benzene rings is 2. The third-order valence-electron chi connectivity index (χ3n) is 3.69. The van der Waals surface area contributed by atoms with Crippen molar-refractivity contribution < 1.29 is 19.1 Å². The zero-order valence-electron chi connectivity index (χ0n) is 17.2. The topological polar surface area (TPSA) is 96.5 Å². The SMILES string of the molecule is Cc1cccc(CC(=O)Nc2ccc(NC(=O)CNC(=O)OC(C)(C)C)cc2)c1. The van der Waals surface area contributed by atoms with E-state index in [9.17, 15) is 14.4 Å². The summed E-state index contributed by atoms with van der Waals surface area (Å²) in [6, 6.07) is 14.5. The van der Waals surface area contributed by atoms with Crippen molar-refractivity contribution in [3.8, 4) is 0 Å². The lowest BCUT2D eigenvalue weighted by atomic mass is 10.1. The van der Waals surface area contributed by atoms with Crippen LogP contribution in [0.4, 0.5) is 16.2 Å². The standard InChI is InChI=1S/C22H27N3O4/c1-15-6-5-7-16(12-15)13-19(26)24-17-8-10-18(11-9-17)25-20(27)14-23-21(28)29-22(2,3)4/h5-12H,13-14H2,1-4H3,(H,23,28)(H,24,26)(H,25,27). The van der Waals surface area contributed by atoms with Crippen LogP contribution in [0.1, 0.15) is 31.9 Å². The summed E-state index contributed by atoms with van der Waals surface area (Å²) in [7, 11) is 0. The van der Waals surface area contributed by atoms with Crippen LogP contribution in [0.3, 0.4) is 0 Å². The Hall–Kier alpha value is -3.35. The van der Waals surface area contributed by atoms with Crippen molar-refractivity contribution in [3.63, 3.8) is 0 Å². The van der Waals surface area contributed by atoms with Crippen molar-refractivity contribution in [2.45, 2.75) is 39.7 Å². The molecule has 0 saturated heterocycles. The molecule has 0 aromatic heterocycles. The lowest BCUT2D eigenvalue weighted by molar-refractivity contribution is -0.116. The van der Waals surface area contributed by atoms with E-state index in [-0.39, 0.29) is 24.8 Å². The fourth-order valence-corrected chi connectivity index (χ4v) is 2.52.